The summed E-state index contributed by atoms with van der Waals surface area (Å²) < 4.78 is 0. The van der Waals surface area contributed by atoms with Gasteiger partial charge in [-0.3, -0.25) is 4.79 Å². The maximum absolute atomic E-state index is 12.6. The summed E-state index contributed by atoms with van der Waals surface area (Å²) in [4.78, 5) is 19.6. The lowest BCUT2D eigenvalue weighted by molar-refractivity contribution is 0.104. The lowest BCUT2D eigenvalue weighted by Crippen LogP contribution is -2.12. The van der Waals surface area contributed by atoms with Gasteiger partial charge in [0.15, 0.2) is 0 Å². The van der Waals surface area contributed by atoms with Crippen molar-refractivity contribution in [1.29, 1.82) is 0 Å². The van der Waals surface area contributed by atoms with Crippen molar-refractivity contribution in [2.75, 3.05) is 5.73 Å². The summed E-state index contributed by atoms with van der Waals surface area (Å²) in [5.74, 6) is 0.709. The van der Waals surface area contributed by atoms with Crippen LogP contribution in [0, 0.1) is 5.92 Å². The molecule has 1 unspecified atom stereocenters. The van der Waals surface area contributed by atoms with Gasteiger partial charge >= 0.3 is 0 Å². The Bertz CT molecular complexity index is 865. The molecule has 0 saturated heterocycles. The van der Waals surface area contributed by atoms with E-state index in [4.69, 9.17) is 10.7 Å². The second-order valence-electron chi connectivity index (χ2n) is 5.95. The van der Waals surface area contributed by atoms with Crippen LogP contribution in [0.5, 0.6) is 0 Å². The largest absolute Gasteiger partial charge is 0.397 e. The van der Waals surface area contributed by atoms with E-state index in [-0.39, 0.29) is 5.78 Å². The number of aryl methyl sites for hydroxylation is 1. The van der Waals surface area contributed by atoms with E-state index in [0.29, 0.717) is 16.5 Å². The van der Waals surface area contributed by atoms with Crippen molar-refractivity contribution in [3.05, 3.63) is 44.6 Å². The Morgan fingerprint density at radius 3 is 3.09 bits per heavy atom. The number of anilines is 1. The molecular weight excluding hydrogens is 312 g/mol. The Labute approximate surface area is 136 Å². The van der Waals surface area contributed by atoms with Crippen molar-refractivity contribution in [3.63, 3.8) is 0 Å². The predicted molar refractivity (Wildman–Crippen MR) is 93.0 cm³/mol. The van der Waals surface area contributed by atoms with E-state index in [1.807, 2.05) is 17.5 Å². The van der Waals surface area contributed by atoms with Gasteiger partial charge in [-0.05, 0) is 48.3 Å². The van der Waals surface area contributed by atoms with Gasteiger partial charge in [-0.15, -0.1) is 22.7 Å². The van der Waals surface area contributed by atoms with E-state index >= 15 is 0 Å². The molecule has 0 aromatic carbocycles. The van der Waals surface area contributed by atoms with Crippen LogP contribution in [0.2, 0.25) is 0 Å². The number of pyridine rings is 1. The first-order valence-corrected chi connectivity index (χ1v) is 9.12. The fourth-order valence-electron chi connectivity index (χ4n) is 3.06. The summed E-state index contributed by atoms with van der Waals surface area (Å²) in [5.41, 5.74) is 9.34. The zero-order valence-electron chi connectivity index (χ0n) is 12.3. The molecule has 1 aliphatic rings. The lowest BCUT2D eigenvalue weighted by Gasteiger charge is -2.20. The molecule has 1 aliphatic carbocycles. The minimum Gasteiger partial charge on any atom is -0.397 e. The zero-order valence-corrected chi connectivity index (χ0v) is 13.9. The molecule has 0 saturated carbocycles. The van der Waals surface area contributed by atoms with E-state index in [1.54, 1.807) is 0 Å². The predicted octanol–water partition coefficient (Wildman–Crippen LogP) is 4.30. The van der Waals surface area contributed by atoms with Crippen LogP contribution in [0.4, 0.5) is 5.69 Å². The van der Waals surface area contributed by atoms with Crippen molar-refractivity contribution in [3.8, 4) is 0 Å². The minimum absolute atomic E-state index is 0.0156. The molecule has 112 valence electrons. The van der Waals surface area contributed by atoms with Crippen LogP contribution >= 0.6 is 22.7 Å². The van der Waals surface area contributed by atoms with Gasteiger partial charge in [0.05, 0.1) is 10.6 Å². The molecule has 2 N–H and O–H groups in total. The summed E-state index contributed by atoms with van der Waals surface area (Å²) in [6.07, 6.45) is 3.27. The van der Waals surface area contributed by atoms with Crippen LogP contribution in [-0.4, -0.2) is 10.8 Å². The number of hydrogen-bond donors (Lipinski definition) is 1. The van der Waals surface area contributed by atoms with Gasteiger partial charge in [0.25, 0.3) is 0 Å². The molecule has 3 aromatic rings. The number of rotatable bonds is 2. The molecule has 0 spiro atoms. The quantitative estimate of drug-likeness (QED) is 0.714. The topological polar surface area (TPSA) is 56.0 Å². The van der Waals surface area contributed by atoms with Crippen molar-refractivity contribution in [2.24, 2.45) is 5.92 Å². The van der Waals surface area contributed by atoms with E-state index in [0.717, 1.165) is 27.9 Å². The van der Waals surface area contributed by atoms with Crippen molar-refractivity contribution < 1.29 is 4.79 Å². The number of thiophene rings is 2. The fraction of sp³-hybridized carbons (Fsp3) is 0.294. The molecule has 0 aliphatic heterocycles. The van der Waals surface area contributed by atoms with Gasteiger partial charge in [0.2, 0.25) is 5.78 Å². The molecule has 4 rings (SSSR count). The molecule has 22 heavy (non-hydrogen) atoms. The Morgan fingerprint density at radius 2 is 2.32 bits per heavy atom. The summed E-state index contributed by atoms with van der Waals surface area (Å²) in [7, 11) is 0. The molecule has 1 atom stereocenters. The Kier molecular flexibility index (Phi) is 3.27. The molecule has 0 fully saturated rings. The monoisotopic (exact) mass is 328 g/mol. The normalized spacial score (nSPS) is 17.6. The number of hydrogen-bond acceptors (Lipinski definition) is 5. The number of carbonyl (C=O) groups excluding carboxylic acids is 1. The van der Waals surface area contributed by atoms with Crippen LogP contribution in [-0.2, 0) is 12.8 Å². The molecule has 0 bridgehead atoms. The highest BCUT2D eigenvalue weighted by atomic mass is 32.1. The van der Waals surface area contributed by atoms with Crippen LogP contribution in [0.25, 0.3) is 10.2 Å². The van der Waals surface area contributed by atoms with Gasteiger partial charge in [-0.2, -0.15) is 0 Å². The van der Waals surface area contributed by atoms with Crippen molar-refractivity contribution in [1.82, 2.24) is 4.98 Å². The molecule has 0 radical (unpaired) electrons. The van der Waals surface area contributed by atoms with Crippen LogP contribution in [0.1, 0.15) is 39.2 Å². The number of nitrogens with zero attached hydrogens (tertiary/aromatic N) is 1. The third-order valence-corrected chi connectivity index (χ3v) is 6.27. The highest BCUT2D eigenvalue weighted by Crippen LogP contribution is 2.37. The smallest absolute Gasteiger partial charge is 0.215 e. The SMILES string of the molecule is CC1CCc2nc3sc(C(=O)c4cccs4)c(N)c3cc2C1. The lowest BCUT2D eigenvalue weighted by atomic mass is 9.87. The molecule has 3 nitrogen and oxygen atoms in total. The molecule has 3 aromatic heterocycles. The summed E-state index contributed by atoms with van der Waals surface area (Å²) in [5, 5.41) is 2.85. The van der Waals surface area contributed by atoms with Crippen LogP contribution in [0.15, 0.2) is 23.6 Å². The minimum atomic E-state index is 0.0156. The van der Waals surface area contributed by atoms with Gasteiger partial charge in [0, 0.05) is 11.1 Å². The molecule has 5 heteroatoms. The number of nitrogens with two attached hydrogens (primary N) is 1. The van der Waals surface area contributed by atoms with E-state index < -0.39 is 0 Å². The first-order valence-electron chi connectivity index (χ1n) is 7.42. The highest BCUT2D eigenvalue weighted by molar-refractivity contribution is 7.22. The third-order valence-electron chi connectivity index (χ3n) is 4.28. The van der Waals surface area contributed by atoms with Gasteiger partial charge in [0.1, 0.15) is 9.71 Å². The highest BCUT2D eigenvalue weighted by Gasteiger charge is 2.23. The second-order valence-corrected chi connectivity index (χ2v) is 7.89. The Hall–Kier alpha value is -1.72. The number of aromatic nitrogens is 1. The first-order chi connectivity index (χ1) is 10.6. The molecule has 3 heterocycles. The Balaban J connectivity index is 1.85. The number of nitrogen functional groups attached to an aromatic ring is 1. The van der Waals surface area contributed by atoms with E-state index in [2.05, 4.69) is 13.0 Å². The average Bonchev–Trinajstić information content (AvgIpc) is 3.14. The summed E-state index contributed by atoms with van der Waals surface area (Å²) >= 11 is 2.88. The van der Waals surface area contributed by atoms with E-state index in [1.165, 1.54) is 40.4 Å². The standard InChI is InChI=1S/C17H16N2OS2/c1-9-4-5-12-10(7-9)8-11-14(18)16(22-17(11)19-12)15(20)13-3-2-6-21-13/h2-3,6,8-9H,4-5,7,18H2,1H3. The van der Waals surface area contributed by atoms with Crippen LogP contribution < -0.4 is 5.73 Å². The molecule has 0 amide bonds. The fourth-order valence-corrected chi connectivity index (χ4v) is 4.85. The summed E-state index contributed by atoms with van der Waals surface area (Å²) in [6, 6.07) is 5.89. The maximum Gasteiger partial charge on any atom is 0.215 e. The number of carbonyl (C=O) groups is 1. The van der Waals surface area contributed by atoms with Gasteiger partial charge in [-0.1, -0.05) is 13.0 Å². The van der Waals surface area contributed by atoms with Crippen LogP contribution in [0.3, 0.4) is 0 Å². The average molecular weight is 328 g/mol. The zero-order chi connectivity index (χ0) is 15.3. The van der Waals surface area contributed by atoms with E-state index in [9.17, 15) is 4.79 Å². The number of fused-ring (bicyclic) bond motifs is 2. The number of ketones is 1. The Morgan fingerprint density at radius 1 is 1.45 bits per heavy atom. The maximum atomic E-state index is 12.6. The second kappa shape index (κ2) is 5.18. The van der Waals surface area contributed by atoms with Gasteiger partial charge in [-0.25, -0.2) is 4.98 Å². The van der Waals surface area contributed by atoms with Gasteiger partial charge < -0.3 is 5.73 Å². The molecular formula is C17H16N2OS2. The third kappa shape index (κ3) is 2.16. The summed E-state index contributed by atoms with van der Waals surface area (Å²) in [6.45, 7) is 2.27. The van der Waals surface area contributed by atoms with Crippen molar-refractivity contribution in [2.45, 2.75) is 26.2 Å². The van der Waals surface area contributed by atoms with Crippen molar-refractivity contribution >= 4 is 44.4 Å². The first kappa shape index (κ1) is 13.9.